The first kappa shape index (κ1) is 14.6. The lowest BCUT2D eigenvalue weighted by Crippen LogP contribution is -2.43. The van der Waals surface area contributed by atoms with Gasteiger partial charge in [-0.15, -0.1) is 0 Å². The standard InChI is InChI=1S/C16H18N4O2/c1-11-4-3-6-18-15(11)16(21)20-8-9-22-14(10-20)13-5-7-17-12(2)19-13/h3-7,14H,8-10H2,1-2H3/t14-/m1/s1. The van der Waals surface area contributed by atoms with Gasteiger partial charge >= 0.3 is 0 Å². The Kier molecular flexibility index (Phi) is 4.11. The third kappa shape index (κ3) is 2.96. The Morgan fingerprint density at radius 2 is 2.14 bits per heavy atom. The summed E-state index contributed by atoms with van der Waals surface area (Å²) in [5, 5.41) is 0. The molecule has 0 radical (unpaired) electrons. The van der Waals surface area contributed by atoms with E-state index < -0.39 is 0 Å². The molecular weight excluding hydrogens is 280 g/mol. The summed E-state index contributed by atoms with van der Waals surface area (Å²) in [6, 6.07) is 5.56. The molecule has 114 valence electrons. The molecule has 1 fully saturated rings. The van der Waals surface area contributed by atoms with Crippen molar-refractivity contribution < 1.29 is 9.53 Å². The van der Waals surface area contributed by atoms with Crippen LogP contribution < -0.4 is 0 Å². The lowest BCUT2D eigenvalue weighted by molar-refractivity contribution is -0.0250. The maximum atomic E-state index is 12.6. The van der Waals surface area contributed by atoms with Crippen molar-refractivity contribution in [1.82, 2.24) is 19.9 Å². The Hall–Kier alpha value is -2.34. The molecule has 0 saturated carbocycles. The summed E-state index contributed by atoms with van der Waals surface area (Å²) in [5.41, 5.74) is 2.19. The smallest absolute Gasteiger partial charge is 0.272 e. The zero-order chi connectivity index (χ0) is 15.5. The van der Waals surface area contributed by atoms with Gasteiger partial charge in [0.25, 0.3) is 5.91 Å². The maximum Gasteiger partial charge on any atom is 0.272 e. The zero-order valence-corrected chi connectivity index (χ0v) is 12.7. The van der Waals surface area contributed by atoms with E-state index in [4.69, 9.17) is 4.74 Å². The third-order valence-corrected chi connectivity index (χ3v) is 3.69. The molecule has 6 nitrogen and oxygen atoms in total. The van der Waals surface area contributed by atoms with Crippen molar-refractivity contribution in [3.63, 3.8) is 0 Å². The molecular formula is C16H18N4O2. The normalized spacial score (nSPS) is 18.3. The highest BCUT2D eigenvalue weighted by Crippen LogP contribution is 2.21. The SMILES string of the molecule is Cc1nccc([C@H]2CN(C(=O)c3ncccc3C)CCO2)n1. The van der Waals surface area contributed by atoms with Crippen LogP contribution in [0.5, 0.6) is 0 Å². The van der Waals surface area contributed by atoms with E-state index in [1.165, 1.54) is 0 Å². The molecule has 22 heavy (non-hydrogen) atoms. The number of carbonyl (C=O) groups excluding carboxylic acids is 1. The highest BCUT2D eigenvalue weighted by molar-refractivity contribution is 5.93. The summed E-state index contributed by atoms with van der Waals surface area (Å²) in [5.74, 6) is 0.641. The summed E-state index contributed by atoms with van der Waals surface area (Å²) in [4.78, 5) is 27.1. The van der Waals surface area contributed by atoms with Crippen LogP contribution >= 0.6 is 0 Å². The van der Waals surface area contributed by atoms with E-state index in [1.807, 2.05) is 32.0 Å². The minimum absolute atomic E-state index is 0.0582. The van der Waals surface area contributed by atoms with Gasteiger partial charge in [-0.05, 0) is 31.5 Å². The minimum atomic E-state index is -0.219. The average Bonchev–Trinajstić information content (AvgIpc) is 2.55. The number of pyridine rings is 1. The number of ether oxygens (including phenoxy) is 1. The van der Waals surface area contributed by atoms with Crippen molar-refractivity contribution in [2.24, 2.45) is 0 Å². The summed E-state index contributed by atoms with van der Waals surface area (Å²) in [6.07, 6.45) is 3.14. The second-order valence-corrected chi connectivity index (χ2v) is 5.31. The fourth-order valence-electron chi connectivity index (χ4n) is 2.53. The predicted octanol–water partition coefficient (Wildman–Crippen LogP) is 1.70. The van der Waals surface area contributed by atoms with Gasteiger partial charge in [0.1, 0.15) is 17.6 Å². The lowest BCUT2D eigenvalue weighted by Gasteiger charge is -2.32. The Morgan fingerprint density at radius 1 is 1.27 bits per heavy atom. The summed E-state index contributed by atoms with van der Waals surface area (Å²) in [6.45, 7) is 5.27. The highest BCUT2D eigenvalue weighted by atomic mass is 16.5. The van der Waals surface area contributed by atoms with E-state index in [1.54, 1.807) is 17.3 Å². The Labute approximate surface area is 129 Å². The van der Waals surface area contributed by atoms with Crippen LogP contribution in [0.15, 0.2) is 30.6 Å². The molecule has 2 aromatic heterocycles. The van der Waals surface area contributed by atoms with Crippen LogP contribution in [0.1, 0.15) is 33.7 Å². The third-order valence-electron chi connectivity index (χ3n) is 3.69. The maximum absolute atomic E-state index is 12.6. The summed E-state index contributed by atoms with van der Waals surface area (Å²) >= 11 is 0. The largest absolute Gasteiger partial charge is 0.368 e. The van der Waals surface area contributed by atoms with Gasteiger partial charge in [-0.1, -0.05) is 6.07 Å². The second-order valence-electron chi connectivity index (χ2n) is 5.31. The molecule has 0 aromatic carbocycles. The fourth-order valence-corrected chi connectivity index (χ4v) is 2.53. The summed E-state index contributed by atoms with van der Waals surface area (Å²) in [7, 11) is 0. The summed E-state index contributed by atoms with van der Waals surface area (Å²) < 4.78 is 5.76. The molecule has 2 aromatic rings. The van der Waals surface area contributed by atoms with Crippen LogP contribution in [0.2, 0.25) is 0 Å². The molecule has 1 amide bonds. The van der Waals surface area contributed by atoms with Gasteiger partial charge in [0.15, 0.2) is 0 Å². The van der Waals surface area contributed by atoms with Gasteiger partial charge in [0.2, 0.25) is 0 Å². The first-order valence-corrected chi connectivity index (χ1v) is 7.27. The van der Waals surface area contributed by atoms with Gasteiger partial charge in [-0.3, -0.25) is 9.78 Å². The van der Waals surface area contributed by atoms with E-state index in [0.29, 0.717) is 31.2 Å². The number of hydrogen-bond acceptors (Lipinski definition) is 5. The van der Waals surface area contributed by atoms with Gasteiger partial charge in [-0.25, -0.2) is 9.97 Å². The minimum Gasteiger partial charge on any atom is -0.368 e. The van der Waals surface area contributed by atoms with E-state index in [0.717, 1.165) is 11.3 Å². The molecule has 1 aliphatic rings. The van der Waals surface area contributed by atoms with Gasteiger partial charge in [-0.2, -0.15) is 0 Å². The van der Waals surface area contributed by atoms with Crippen LogP contribution in [0, 0.1) is 13.8 Å². The number of amides is 1. The van der Waals surface area contributed by atoms with Crippen LogP contribution in [-0.2, 0) is 4.74 Å². The Bertz CT molecular complexity index is 689. The van der Waals surface area contributed by atoms with Crippen LogP contribution in [0.3, 0.4) is 0 Å². The van der Waals surface area contributed by atoms with Crippen LogP contribution in [-0.4, -0.2) is 45.5 Å². The first-order chi connectivity index (χ1) is 10.6. The molecule has 0 spiro atoms. The molecule has 6 heteroatoms. The molecule has 1 atom stereocenters. The van der Waals surface area contributed by atoms with Crippen LogP contribution in [0.25, 0.3) is 0 Å². The molecule has 0 N–H and O–H groups in total. The molecule has 1 aliphatic heterocycles. The number of nitrogens with zero attached hydrogens (tertiary/aromatic N) is 4. The predicted molar refractivity (Wildman–Crippen MR) is 80.3 cm³/mol. The quantitative estimate of drug-likeness (QED) is 0.844. The van der Waals surface area contributed by atoms with E-state index in [2.05, 4.69) is 15.0 Å². The molecule has 1 saturated heterocycles. The molecule has 3 heterocycles. The molecule has 0 bridgehead atoms. The van der Waals surface area contributed by atoms with Crippen molar-refractivity contribution >= 4 is 5.91 Å². The number of rotatable bonds is 2. The van der Waals surface area contributed by atoms with Gasteiger partial charge < -0.3 is 9.64 Å². The van der Waals surface area contributed by atoms with Crippen molar-refractivity contribution in [3.8, 4) is 0 Å². The number of morpholine rings is 1. The molecule has 0 unspecified atom stereocenters. The average molecular weight is 298 g/mol. The fraction of sp³-hybridized carbons (Fsp3) is 0.375. The zero-order valence-electron chi connectivity index (χ0n) is 12.7. The first-order valence-electron chi connectivity index (χ1n) is 7.27. The second kappa shape index (κ2) is 6.19. The number of aromatic nitrogens is 3. The number of hydrogen-bond donors (Lipinski definition) is 0. The van der Waals surface area contributed by atoms with E-state index in [-0.39, 0.29) is 12.0 Å². The van der Waals surface area contributed by atoms with E-state index in [9.17, 15) is 4.79 Å². The highest BCUT2D eigenvalue weighted by Gasteiger charge is 2.28. The van der Waals surface area contributed by atoms with Crippen molar-refractivity contribution in [1.29, 1.82) is 0 Å². The number of aryl methyl sites for hydroxylation is 2. The Balaban J connectivity index is 1.78. The van der Waals surface area contributed by atoms with Gasteiger partial charge in [0.05, 0.1) is 18.8 Å². The topological polar surface area (TPSA) is 68.2 Å². The van der Waals surface area contributed by atoms with E-state index >= 15 is 0 Å². The Morgan fingerprint density at radius 3 is 2.91 bits per heavy atom. The van der Waals surface area contributed by atoms with Gasteiger partial charge in [0, 0.05) is 18.9 Å². The molecule has 3 rings (SSSR count). The lowest BCUT2D eigenvalue weighted by atomic mass is 10.1. The number of carbonyl (C=O) groups is 1. The molecule has 0 aliphatic carbocycles. The monoisotopic (exact) mass is 298 g/mol. The van der Waals surface area contributed by atoms with Crippen LogP contribution in [0.4, 0.5) is 0 Å². The van der Waals surface area contributed by atoms with Crippen molar-refractivity contribution in [2.75, 3.05) is 19.7 Å². The van der Waals surface area contributed by atoms with Crippen molar-refractivity contribution in [3.05, 3.63) is 53.4 Å². The van der Waals surface area contributed by atoms with Crippen molar-refractivity contribution in [2.45, 2.75) is 20.0 Å².